The second-order valence-corrected chi connectivity index (χ2v) is 3.56. The molecule has 0 N–H and O–H groups in total. The molecule has 2 aromatic rings. The summed E-state index contributed by atoms with van der Waals surface area (Å²) in [5, 5.41) is 0. The average molecular weight is 190 g/mol. The van der Waals surface area contributed by atoms with E-state index in [2.05, 4.69) is 38.0 Å². The van der Waals surface area contributed by atoms with Gasteiger partial charge in [0, 0.05) is 12.4 Å². The molecule has 0 aliphatic rings. The predicted molar refractivity (Wildman–Crippen MR) is 60.6 cm³/mol. The van der Waals surface area contributed by atoms with E-state index in [1.54, 1.807) is 0 Å². The van der Waals surface area contributed by atoms with Crippen molar-refractivity contribution in [1.82, 2.24) is 9.38 Å². The fourth-order valence-corrected chi connectivity index (χ4v) is 1.23. The van der Waals surface area contributed by atoms with Gasteiger partial charge in [-0.05, 0) is 25.5 Å². The Hall–Kier alpha value is -1.31. The molecule has 0 aromatic carbocycles. The fourth-order valence-electron chi connectivity index (χ4n) is 1.23. The molecule has 0 amide bonds. The molecule has 0 spiro atoms. The summed E-state index contributed by atoms with van der Waals surface area (Å²) >= 11 is 0. The maximum Gasteiger partial charge on any atom is 0.136 e. The van der Waals surface area contributed by atoms with Crippen LogP contribution in [0.4, 0.5) is 0 Å². The number of pyridine rings is 1. The summed E-state index contributed by atoms with van der Waals surface area (Å²) in [6.07, 6.45) is 5.36. The summed E-state index contributed by atoms with van der Waals surface area (Å²) in [6.45, 7) is 8.33. The van der Waals surface area contributed by atoms with Crippen LogP contribution in [0, 0.1) is 13.8 Å². The van der Waals surface area contributed by atoms with Crippen molar-refractivity contribution in [3.05, 3.63) is 35.8 Å². The third-order valence-electron chi connectivity index (χ3n) is 1.72. The molecule has 0 fully saturated rings. The van der Waals surface area contributed by atoms with Crippen molar-refractivity contribution in [1.29, 1.82) is 0 Å². The third-order valence-corrected chi connectivity index (χ3v) is 1.72. The average Bonchev–Trinajstić information content (AvgIpc) is 2.45. The van der Waals surface area contributed by atoms with Crippen LogP contribution in [0.15, 0.2) is 24.5 Å². The lowest BCUT2D eigenvalue weighted by molar-refractivity contribution is 1.09. The SMILES string of the molecule is CCC.Cc1ccc2nc(C)cn2c1. The molecular weight excluding hydrogens is 172 g/mol. The van der Waals surface area contributed by atoms with E-state index < -0.39 is 0 Å². The Labute approximate surface area is 85.6 Å². The highest BCUT2D eigenvalue weighted by Gasteiger charge is 1.94. The zero-order valence-corrected chi connectivity index (χ0v) is 9.41. The molecule has 2 heterocycles. The van der Waals surface area contributed by atoms with E-state index in [0.717, 1.165) is 11.3 Å². The smallest absolute Gasteiger partial charge is 0.136 e. The monoisotopic (exact) mass is 190 g/mol. The maximum atomic E-state index is 4.32. The standard InChI is InChI=1S/C9H10N2.C3H8/c1-7-3-4-9-10-8(2)6-11(9)5-7;1-3-2/h3-6H,1-2H3;3H2,1-2H3. The van der Waals surface area contributed by atoms with Gasteiger partial charge < -0.3 is 4.40 Å². The Kier molecular flexibility index (Phi) is 3.69. The van der Waals surface area contributed by atoms with E-state index in [4.69, 9.17) is 0 Å². The molecule has 0 atom stereocenters. The van der Waals surface area contributed by atoms with Crippen molar-refractivity contribution in [3.8, 4) is 0 Å². The second kappa shape index (κ2) is 4.80. The molecule has 2 rings (SSSR count). The van der Waals surface area contributed by atoms with Crippen molar-refractivity contribution in [2.75, 3.05) is 0 Å². The highest BCUT2D eigenvalue weighted by molar-refractivity contribution is 5.40. The summed E-state index contributed by atoms with van der Waals surface area (Å²) < 4.78 is 2.05. The van der Waals surface area contributed by atoms with Crippen LogP contribution in [0.25, 0.3) is 5.65 Å². The minimum absolute atomic E-state index is 1.02. The maximum absolute atomic E-state index is 4.32. The Morgan fingerprint density at radius 2 is 1.79 bits per heavy atom. The van der Waals surface area contributed by atoms with Crippen LogP contribution in [0.2, 0.25) is 0 Å². The summed E-state index contributed by atoms with van der Waals surface area (Å²) in [5.74, 6) is 0. The van der Waals surface area contributed by atoms with Crippen LogP contribution in [0.1, 0.15) is 31.5 Å². The molecule has 0 saturated carbocycles. The highest BCUT2D eigenvalue weighted by Crippen LogP contribution is 2.05. The quantitative estimate of drug-likeness (QED) is 0.622. The Balaban J connectivity index is 0.000000293. The van der Waals surface area contributed by atoms with Gasteiger partial charge in [0.25, 0.3) is 0 Å². The van der Waals surface area contributed by atoms with Gasteiger partial charge in [-0.3, -0.25) is 0 Å². The Morgan fingerprint density at radius 1 is 1.14 bits per heavy atom. The molecule has 0 aliphatic heterocycles. The minimum Gasteiger partial charge on any atom is -0.307 e. The van der Waals surface area contributed by atoms with Crippen LogP contribution in [0.3, 0.4) is 0 Å². The summed E-state index contributed by atoms with van der Waals surface area (Å²) in [4.78, 5) is 4.32. The van der Waals surface area contributed by atoms with Gasteiger partial charge in [-0.15, -0.1) is 0 Å². The fraction of sp³-hybridized carbons (Fsp3) is 0.417. The van der Waals surface area contributed by atoms with Crippen molar-refractivity contribution in [3.63, 3.8) is 0 Å². The van der Waals surface area contributed by atoms with E-state index in [1.165, 1.54) is 12.0 Å². The van der Waals surface area contributed by atoms with Gasteiger partial charge in [0.1, 0.15) is 5.65 Å². The molecule has 0 unspecified atom stereocenters. The summed E-state index contributed by atoms with van der Waals surface area (Å²) in [7, 11) is 0. The van der Waals surface area contributed by atoms with Crippen molar-refractivity contribution in [2.24, 2.45) is 0 Å². The summed E-state index contributed by atoms with van der Waals surface area (Å²) in [5.41, 5.74) is 3.35. The van der Waals surface area contributed by atoms with Gasteiger partial charge in [-0.25, -0.2) is 4.98 Å². The number of aromatic nitrogens is 2. The molecule has 0 saturated heterocycles. The first-order valence-corrected chi connectivity index (χ1v) is 5.09. The second-order valence-electron chi connectivity index (χ2n) is 3.56. The zero-order valence-electron chi connectivity index (χ0n) is 9.41. The molecule has 0 radical (unpaired) electrons. The first kappa shape index (κ1) is 10.8. The van der Waals surface area contributed by atoms with E-state index in [1.807, 2.05) is 23.6 Å². The predicted octanol–water partition coefficient (Wildman–Crippen LogP) is 3.37. The van der Waals surface area contributed by atoms with Crippen LogP contribution >= 0.6 is 0 Å². The lowest BCUT2D eigenvalue weighted by atomic mass is 10.3. The van der Waals surface area contributed by atoms with Crippen molar-refractivity contribution < 1.29 is 0 Å². The Morgan fingerprint density at radius 3 is 2.43 bits per heavy atom. The molecule has 14 heavy (non-hydrogen) atoms. The van der Waals surface area contributed by atoms with Gasteiger partial charge in [0.15, 0.2) is 0 Å². The molecule has 0 bridgehead atoms. The van der Waals surface area contributed by atoms with E-state index >= 15 is 0 Å². The van der Waals surface area contributed by atoms with Crippen molar-refractivity contribution >= 4 is 5.65 Å². The van der Waals surface area contributed by atoms with Crippen LogP contribution < -0.4 is 0 Å². The van der Waals surface area contributed by atoms with Gasteiger partial charge in [0.05, 0.1) is 5.69 Å². The molecule has 2 aromatic heterocycles. The molecule has 2 heteroatoms. The van der Waals surface area contributed by atoms with E-state index in [0.29, 0.717) is 0 Å². The van der Waals surface area contributed by atoms with Gasteiger partial charge >= 0.3 is 0 Å². The zero-order chi connectivity index (χ0) is 10.6. The number of hydrogen-bond acceptors (Lipinski definition) is 1. The minimum atomic E-state index is 1.02. The lowest BCUT2D eigenvalue weighted by Crippen LogP contribution is -1.82. The van der Waals surface area contributed by atoms with Crippen LogP contribution in [-0.2, 0) is 0 Å². The molecule has 0 aliphatic carbocycles. The first-order valence-electron chi connectivity index (χ1n) is 5.09. The molecular formula is C12H18N2. The summed E-state index contributed by atoms with van der Waals surface area (Å²) in [6, 6.07) is 4.10. The van der Waals surface area contributed by atoms with E-state index in [-0.39, 0.29) is 0 Å². The number of rotatable bonds is 0. The highest BCUT2D eigenvalue weighted by atomic mass is 15.0. The van der Waals surface area contributed by atoms with Crippen LogP contribution in [-0.4, -0.2) is 9.38 Å². The van der Waals surface area contributed by atoms with Gasteiger partial charge in [-0.1, -0.05) is 26.3 Å². The number of hydrogen-bond donors (Lipinski definition) is 0. The molecule has 76 valence electrons. The van der Waals surface area contributed by atoms with E-state index in [9.17, 15) is 0 Å². The lowest BCUT2D eigenvalue weighted by Gasteiger charge is -1.92. The number of aryl methyl sites for hydroxylation is 2. The number of nitrogens with zero attached hydrogens (tertiary/aromatic N) is 2. The number of fused-ring (bicyclic) bond motifs is 1. The Bertz CT molecular complexity index is 402. The molecule has 2 nitrogen and oxygen atoms in total. The first-order chi connectivity index (χ1) is 6.67. The third kappa shape index (κ3) is 2.59. The normalized spacial score (nSPS) is 9.71. The number of imidazole rings is 1. The topological polar surface area (TPSA) is 17.3 Å². The van der Waals surface area contributed by atoms with Gasteiger partial charge in [-0.2, -0.15) is 0 Å². The van der Waals surface area contributed by atoms with Crippen LogP contribution in [0.5, 0.6) is 0 Å². The van der Waals surface area contributed by atoms with Crippen molar-refractivity contribution in [2.45, 2.75) is 34.1 Å². The largest absolute Gasteiger partial charge is 0.307 e. The van der Waals surface area contributed by atoms with Gasteiger partial charge in [0.2, 0.25) is 0 Å².